The molecular weight excluding hydrogens is 328 g/mol. The Morgan fingerprint density at radius 2 is 1.69 bits per heavy atom. The highest BCUT2D eigenvalue weighted by atomic mass is 16.2. The number of nitrogens with zero attached hydrogens (tertiary/aromatic N) is 1. The maximum absolute atomic E-state index is 12.8. The van der Waals surface area contributed by atoms with Crippen molar-refractivity contribution in [3.05, 3.63) is 83.7 Å². The van der Waals surface area contributed by atoms with Gasteiger partial charge in [0.05, 0.1) is 11.8 Å². The summed E-state index contributed by atoms with van der Waals surface area (Å²) in [6, 6.07) is 18.0. The number of aromatic amines is 1. The van der Waals surface area contributed by atoms with Gasteiger partial charge in [-0.15, -0.1) is 0 Å². The fourth-order valence-corrected chi connectivity index (χ4v) is 2.63. The quantitative estimate of drug-likeness (QED) is 0.640. The number of nitrogens with one attached hydrogen (secondary N) is 3. The molecule has 1 aromatic heterocycles. The lowest BCUT2D eigenvalue weighted by molar-refractivity contribution is -0.118. The molecule has 0 unspecified atom stereocenters. The number of rotatable bonds is 6. The maximum atomic E-state index is 12.8. The largest absolute Gasteiger partial charge is 0.340 e. The Balaban J connectivity index is 1.78. The van der Waals surface area contributed by atoms with Crippen LogP contribution in [-0.4, -0.2) is 28.1 Å². The molecule has 6 heteroatoms. The molecule has 0 saturated carbocycles. The van der Waals surface area contributed by atoms with Crippen molar-refractivity contribution in [3.8, 4) is 0 Å². The number of H-pyrrole nitrogens is 1. The third-order valence-electron chi connectivity index (χ3n) is 4.02. The van der Waals surface area contributed by atoms with Gasteiger partial charge < -0.3 is 10.6 Å². The normalized spacial score (nSPS) is 11.6. The van der Waals surface area contributed by atoms with E-state index in [0.29, 0.717) is 23.4 Å². The van der Waals surface area contributed by atoms with Crippen LogP contribution in [0.25, 0.3) is 0 Å². The number of aryl methyl sites for hydroxylation is 1. The number of carbonyl (C=O) groups excluding carboxylic acids is 2. The molecule has 132 valence electrons. The zero-order valence-corrected chi connectivity index (χ0v) is 14.4. The van der Waals surface area contributed by atoms with Gasteiger partial charge in [0.2, 0.25) is 5.91 Å². The van der Waals surface area contributed by atoms with Gasteiger partial charge in [0, 0.05) is 17.8 Å². The first-order chi connectivity index (χ1) is 12.6. The zero-order chi connectivity index (χ0) is 18.4. The Morgan fingerprint density at radius 1 is 1.04 bits per heavy atom. The number of anilines is 1. The van der Waals surface area contributed by atoms with Crippen molar-refractivity contribution in [3.63, 3.8) is 0 Å². The molecule has 26 heavy (non-hydrogen) atoms. The molecule has 0 aliphatic heterocycles. The minimum atomic E-state index is -0.709. The van der Waals surface area contributed by atoms with Crippen LogP contribution >= 0.6 is 0 Å². The summed E-state index contributed by atoms with van der Waals surface area (Å²) >= 11 is 0. The van der Waals surface area contributed by atoms with E-state index in [-0.39, 0.29) is 11.8 Å². The van der Waals surface area contributed by atoms with Gasteiger partial charge in [-0.05, 0) is 24.6 Å². The molecule has 0 aliphatic carbocycles. The van der Waals surface area contributed by atoms with E-state index in [1.807, 2.05) is 48.5 Å². The smallest absolute Gasteiger partial charge is 0.255 e. The van der Waals surface area contributed by atoms with Crippen molar-refractivity contribution < 1.29 is 9.59 Å². The Morgan fingerprint density at radius 3 is 2.31 bits per heavy atom. The summed E-state index contributed by atoms with van der Waals surface area (Å²) < 4.78 is 0. The predicted molar refractivity (Wildman–Crippen MR) is 99.8 cm³/mol. The molecule has 3 rings (SSSR count). The number of benzene rings is 2. The summed E-state index contributed by atoms with van der Waals surface area (Å²) in [6.45, 7) is 1.76. The van der Waals surface area contributed by atoms with Gasteiger partial charge in [-0.3, -0.25) is 14.7 Å². The number of aromatic nitrogens is 2. The first kappa shape index (κ1) is 17.4. The second kappa shape index (κ2) is 8.11. The van der Waals surface area contributed by atoms with Crippen molar-refractivity contribution in [2.75, 3.05) is 5.32 Å². The van der Waals surface area contributed by atoms with E-state index in [1.165, 1.54) is 6.20 Å². The van der Waals surface area contributed by atoms with Gasteiger partial charge in [0.1, 0.15) is 6.04 Å². The SMILES string of the molecule is Cc1[nH]ncc1C(=O)N[C@H](Cc1ccccc1)C(=O)Nc1ccccc1. The van der Waals surface area contributed by atoms with Crippen LogP contribution in [-0.2, 0) is 11.2 Å². The van der Waals surface area contributed by atoms with E-state index in [2.05, 4.69) is 20.8 Å². The number of amides is 2. The molecule has 3 N–H and O–H groups in total. The molecule has 0 radical (unpaired) electrons. The minimum Gasteiger partial charge on any atom is -0.340 e. The van der Waals surface area contributed by atoms with Crippen molar-refractivity contribution >= 4 is 17.5 Å². The Kier molecular flexibility index (Phi) is 5.43. The lowest BCUT2D eigenvalue weighted by atomic mass is 10.0. The molecule has 0 spiro atoms. The second-order valence-electron chi connectivity index (χ2n) is 5.98. The van der Waals surface area contributed by atoms with E-state index in [4.69, 9.17) is 0 Å². The van der Waals surface area contributed by atoms with Gasteiger partial charge in [-0.2, -0.15) is 5.10 Å². The van der Waals surface area contributed by atoms with Crippen LogP contribution in [0.4, 0.5) is 5.69 Å². The average molecular weight is 348 g/mol. The Labute approximate surface area is 151 Å². The Bertz CT molecular complexity index is 875. The predicted octanol–water partition coefficient (Wildman–Crippen LogP) is 2.70. The van der Waals surface area contributed by atoms with Crippen LogP contribution in [0, 0.1) is 6.92 Å². The summed E-state index contributed by atoms with van der Waals surface area (Å²) in [4.78, 5) is 25.3. The molecular formula is C20H20N4O2. The minimum absolute atomic E-state index is 0.269. The molecule has 6 nitrogen and oxygen atoms in total. The summed E-state index contributed by atoms with van der Waals surface area (Å²) in [6.07, 6.45) is 1.85. The fourth-order valence-electron chi connectivity index (χ4n) is 2.63. The molecule has 2 amide bonds. The van der Waals surface area contributed by atoms with Crippen LogP contribution in [0.15, 0.2) is 66.9 Å². The van der Waals surface area contributed by atoms with E-state index >= 15 is 0 Å². The lowest BCUT2D eigenvalue weighted by Crippen LogP contribution is -2.45. The third kappa shape index (κ3) is 4.36. The summed E-state index contributed by atoms with van der Waals surface area (Å²) in [5.74, 6) is -0.602. The van der Waals surface area contributed by atoms with Crippen LogP contribution in [0.3, 0.4) is 0 Å². The van der Waals surface area contributed by atoms with Gasteiger partial charge in [0.25, 0.3) is 5.91 Å². The molecule has 1 heterocycles. The number of hydrogen-bond acceptors (Lipinski definition) is 3. The third-order valence-corrected chi connectivity index (χ3v) is 4.02. The molecule has 3 aromatic rings. The van der Waals surface area contributed by atoms with E-state index < -0.39 is 6.04 Å². The van der Waals surface area contributed by atoms with Crippen LogP contribution in [0.2, 0.25) is 0 Å². The van der Waals surface area contributed by atoms with Crippen LogP contribution in [0.5, 0.6) is 0 Å². The van der Waals surface area contributed by atoms with Crippen LogP contribution in [0.1, 0.15) is 21.6 Å². The van der Waals surface area contributed by atoms with E-state index in [1.54, 1.807) is 19.1 Å². The summed E-state index contributed by atoms with van der Waals surface area (Å²) in [5.41, 5.74) is 2.73. The van der Waals surface area contributed by atoms with Crippen molar-refractivity contribution in [1.82, 2.24) is 15.5 Å². The van der Waals surface area contributed by atoms with E-state index in [9.17, 15) is 9.59 Å². The number of hydrogen-bond donors (Lipinski definition) is 3. The summed E-state index contributed by atoms with van der Waals surface area (Å²) in [7, 11) is 0. The van der Waals surface area contributed by atoms with Crippen molar-refractivity contribution in [2.45, 2.75) is 19.4 Å². The maximum Gasteiger partial charge on any atom is 0.255 e. The molecule has 0 saturated heterocycles. The summed E-state index contributed by atoms with van der Waals surface area (Å²) in [5, 5.41) is 12.3. The van der Waals surface area contributed by atoms with Gasteiger partial charge in [-0.1, -0.05) is 48.5 Å². The first-order valence-electron chi connectivity index (χ1n) is 8.34. The van der Waals surface area contributed by atoms with Crippen LogP contribution < -0.4 is 10.6 Å². The molecule has 1 atom stereocenters. The fraction of sp³-hybridized carbons (Fsp3) is 0.150. The topological polar surface area (TPSA) is 86.9 Å². The highest BCUT2D eigenvalue weighted by molar-refractivity contribution is 6.01. The van der Waals surface area contributed by atoms with Crippen molar-refractivity contribution in [2.24, 2.45) is 0 Å². The number of para-hydroxylation sites is 1. The van der Waals surface area contributed by atoms with Crippen molar-refractivity contribution in [1.29, 1.82) is 0 Å². The number of carbonyl (C=O) groups is 2. The van der Waals surface area contributed by atoms with E-state index in [0.717, 1.165) is 5.56 Å². The molecule has 0 aliphatic rings. The van der Waals surface area contributed by atoms with Gasteiger partial charge >= 0.3 is 0 Å². The highest BCUT2D eigenvalue weighted by Crippen LogP contribution is 2.10. The second-order valence-corrected chi connectivity index (χ2v) is 5.98. The average Bonchev–Trinajstić information content (AvgIpc) is 3.09. The molecule has 0 fully saturated rings. The van der Waals surface area contributed by atoms with Gasteiger partial charge in [-0.25, -0.2) is 0 Å². The van der Waals surface area contributed by atoms with Gasteiger partial charge in [0.15, 0.2) is 0 Å². The monoisotopic (exact) mass is 348 g/mol. The molecule has 0 bridgehead atoms. The first-order valence-corrected chi connectivity index (χ1v) is 8.34. The zero-order valence-electron chi connectivity index (χ0n) is 14.4. The Hall–Kier alpha value is -3.41. The lowest BCUT2D eigenvalue weighted by Gasteiger charge is -2.18. The standard InChI is InChI=1S/C20H20N4O2/c1-14-17(13-21-24-14)19(25)23-18(12-15-8-4-2-5-9-15)20(26)22-16-10-6-3-7-11-16/h2-11,13,18H,12H2,1H3,(H,21,24)(H,22,26)(H,23,25)/t18-/m1/s1. The highest BCUT2D eigenvalue weighted by Gasteiger charge is 2.23. The molecule has 2 aromatic carbocycles.